The number of aliphatic hydroxyl groups excluding tert-OH is 1. The van der Waals surface area contributed by atoms with Crippen LogP contribution in [0.2, 0.25) is 0 Å². The van der Waals surface area contributed by atoms with Crippen molar-refractivity contribution in [1.29, 1.82) is 0 Å². The van der Waals surface area contributed by atoms with Crippen LogP contribution in [0.25, 0.3) is 0 Å². The van der Waals surface area contributed by atoms with Gasteiger partial charge in [0.15, 0.2) is 6.20 Å². The molecule has 4 heteroatoms. The van der Waals surface area contributed by atoms with E-state index in [1.165, 1.54) is 0 Å². The van der Waals surface area contributed by atoms with Crippen LogP contribution in [-0.2, 0) is 4.74 Å². The Morgan fingerprint density at radius 2 is 2.40 bits per heavy atom. The van der Waals surface area contributed by atoms with Gasteiger partial charge in [-0.2, -0.15) is 0 Å². The van der Waals surface area contributed by atoms with Gasteiger partial charge in [0.1, 0.15) is 18.8 Å². The minimum absolute atomic E-state index is 0.400. The van der Waals surface area contributed by atoms with Gasteiger partial charge in [-0.3, -0.25) is 0 Å². The molecule has 1 aliphatic rings. The zero-order valence-electron chi connectivity index (χ0n) is 9.52. The zero-order chi connectivity index (χ0) is 11.1. The number of β-amino-alcohol motifs (C(OH)–C–C–N with tert-alkyl or cyclic N) is 1. The van der Waals surface area contributed by atoms with Gasteiger partial charge in [-0.15, -0.1) is 0 Å². The monoisotopic (exact) mass is 212 g/mol. The molecule has 4 nitrogen and oxygen atoms in total. The van der Waals surface area contributed by atoms with E-state index in [4.69, 9.17) is 4.74 Å². The van der Waals surface area contributed by atoms with E-state index < -0.39 is 6.10 Å². The SMILES string of the molecule is CCCCOCC(O)CN1C=C[N+]=C1C. The summed E-state index contributed by atoms with van der Waals surface area (Å²) in [5.41, 5.74) is 0. The largest absolute Gasteiger partial charge is 0.387 e. The van der Waals surface area contributed by atoms with Crippen LogP contribution in [0.5, 0.6) is 0 Å². The number of aliphatic hydroxyl groups is 1. The first-order chi connectivity index (χ1) is 7.24. The van der Waals surface area contributed by atoms with Gasteiger partial charge in [0.2, 0.25) is 0 Å². The third kappa shape index (κ3) is 4.44. The maximum absolute atomic E-state index is 9.67. The van der Waals surface area contributed by atoms with E-state index in [1.807, 2.05) is 18.0 Å². The molecule has 15 heavy (non-hydrogen) atoms. The molecule has 0 bridgehead atoms. The number of hydrogen-bond donors (Lipinski definition) is 1. The molecule has 1 unspecified atom stereocenters. The van der Waals surface area contributed by atoms with E-state index in [-0.39, 0.29) is 0 Å². The maximum atomic E-state index is 9.67. The van der Waals surface area contributed by atoms with Gasteiger partial charge in [0.25, 0.3) is 5.84 Å². The Balaban J connectivity index is 2.10. The van der Waals surface area contributed by atoms with E-state index in [9.17, 15) is 5.11 Å². The number of rotatable bonds is 7. The van der Waals surface area contributed by atoms with Crippen molar-refractivity contribution in [2.75, 3.05) is 19.8 Å². The summed E-state index contributed by atoms with van der Waals surface area (Å²) in [6, 6.07) is 0. The topological polar surface area (TPSA) is 46.8 Å². The molecule has 1 N–H and O–H groups in total. The second-order valence-corrected chi connectivity index (χ2v) is 3.71. The molecule has 1 heterocycles. The van der Waals surface area contributed by atoms with E-state index in [2.05, 4.69) is 11.9 Å². The average Bonchev–Trinajstić information content (AvgIpc) is 2.59. The normalized spacial score (nSPS) is 17.0. The summed E-state index contributed by atoms with van der Waals surface area (Å²) in [6.45, 7) is 5.73. The lowest BCUT2D eigenvalue weighted by Crippen LogP contribution is -2.33. The predicted molar refractivity (Wildman–Crippen MR) is 60.4 cm³/mol. The number of amidine groups is 1. The average molecular weight is 212 g/mol. The number of ether oxygens (including phenoxy) is 1. The van der Waals surface area contributed by atoms with Gasteiger partial charge in [-0.05, 0) is 6.42 Å². The molecule has 0 aliphatic carbocycles. The lowest BCUT2D eigenvalue weighted by atomic mass is 10.3. The van der Waals surface area contributed by atoms with E-state index in [0.29, 0.717) is 13.2 Å². The Labute approximate surface area is 91.3 Å². The van der Waals surface area contributed by atoms with Gasteiger partial charge in [0, 0.05) is 13.5 Å². The molecule has 0 aromatic carbocycles. The van der Waals surface area contributed by atoms with Crippen molar-refractivity contribution in [1.82, 2.24) is 9.89 Å². The molecule has 85 valence electrons. The Kier molecular flexibility index (Phi) is 5.36. The summed E-state index contributed by atoms with van der Waals surface area (Å²) in [5, 5.41) is 9.67. The molecular weight excluding hydrogens is 192 g/mol. The smallest absolute Gasteiger partial charge is 0.295 e. The Morgan fingerprint density at radius 1 is 1.60 bits per heavy atom. The first-order valence-electron chi connectivity index (χ1n) is 5.47. The molecule has 0 saturated carbocycles. The highest BCUT2D eigenvalue weighted by Gasteiger charge is 2.21. The standard InChI is InChI=1S/C11H20N2O2/c1-3-4-7-15-9-11(14)8-13-6-5-12-10(13)2/h5-6,11,14H,3-4,7-9H2,1-2H3/q+1. The molecule has 0 fully saturated rings. The zero-order valence-corrected chi connectivity index (χ0v) is 9.52. The van der Waals surface area contributed by atoms with Gasteiger partial charge < -0.3 is 9.84 Å². The van der Waals surface area contributed by atoms with Crippen molar-refractivity contribution in [3.8, 4) is 0 Å². The molecule has 0 saturated heterocycles. The molecule has 0 aromatic heterocycles. The highest BCUT2D eigenvalue weighted by Crippen LogP contribution is 2.00. The lowest BCUT2D eigenvalue weighted by Gasteiger charge is -2.13. The fourth-order valence-corrected chi connectivity index (χ4v) is 1.34. The molecule has 1 aliphatic heterocycles. The van der Waals surface area contributed by atoms with Crippen LogP contribution in [0.15, 0.2) is 12.4 Å². The summed E-state index contributed by atoms with van der Waals surface area (Å²) in [4.78, 5) is 6.01. The van der Waals surface area contributed by atoms with Crippen LogP contribution in [-0.4, -0.2) is 41.7 Å². The van der Waals surface area contributed by atoms with Crippen molar-refractivity contribution >= 4 is 5.84 Å². The van der Waals surface area contributed by atoms with Crippen molar-refractivity contribution in [3.63, 3.8) is 0 Å². The van der Waals surface area contributed by atoms with Gasteiger partial charge in [-0.1, -0.05) is 18.3 Å². The number of nitrogens with zero attached hydrogens (tertiary/aromatic N) is 2. The number of aliphatic imine (C=N–C) groups is 1. The van der Waals surface area contributed by atoms with Gasteiger partial charge in [0.05, 0.1) is 6.61 Å². The quantitative estimate of drug-likeness (QED) is 0.632. The van der Waals surface area contributed by atoms with Crippen molar-refractivity contribution < 1.29 is 9.84 Å². The number of unbranched alkanes of at least 4 members (excludes halogenated alkanes) is 1. The number of hydrogen-bond acceptors (Lipinski definition) is 4. The summed E-state index contributed by atoms with van der Waals surface area (Å²) in [5.74, 6) is 0.919. The highest BCUT2D eigenvalue weighted by atomic mass is 16.5. The van der Waals surface area contributed by atoms with Gasteiger partial charge in [-0.25, -0.2) is 4.90 Å². The molecule has 1 radical (unpaired) electrons. The first kappa shape index (κ1) is 12.2. The second kappa shape index (κ2) is 6.58. The molecule has 1 rings (SSSR count). The Morgan fingerprint density at radius 3 is 3.00 bits per heavy atom. The van der Waals surface area contributed by atoms with Crippen LogP contribution in [0.4, 0.5) is 0 Å². The fourth-order valence-electron chi connectivity index (χ4n) is 1.34. The third-order valence-electron chi connectivity index (χ3n) is 2.28. The first-order valence-corrected chi connectivity index (χ1v) is 5.47. The van der Waals surface area contributed by atoms with E-state index in [0.717, 1.165) is 25.3 Å². The lowest BCUT2D eigenvalue weighted by molar-refractivity contribution is 0.0295. The van der Waals surface area contributed by atoms with Crippen LogP contribution >= 0.6 is 0 Å². The van der Waals surface area contributed by atoms with Crippen molar-refractivity contribution in [2.45, 2.75) is 32.8 Å². The van der Waals surface area contributed by atoms with Crippen molar-refractivity contribution in [3.05, 3.63) is 12.4 Å². The van der Waals surface area contributed by atoms with Crippen LogP contribution in [0.3, 0.4) is 0 Å². The Hall–Kier alpha value is -0.870. The molecule has 0 aromatic rings. The third-order valence-corrected chi connectivity index (χ3v) is 2.28. The van der Waals surface area contributed by atoms with E-state index in [1.54, 1.807) is 6.20 Å². The summed E-state index contributed by atoms with van der Waals surface area (Å²) in [7, 11) is 0. The fraction of sp³-hybridized carbons (Fsp3) is 0.727. The molecular formula is C11H20N2O2+. The maximum Gasteiger partial charge on any atom is 0.295 e. The molecule has 0 amide bonds. The van der Waals surface area contributed by atoms with Crippen molar-refractivity contribution in [2.24, 2.45) is 0 Å². The van der Waals surface area contributed by atoms with Gasteiger partial charge >= 0.3 is 0 Å². The van der Waals surface area contributed by atoms with Crippen LogP contribution in [0.1, 0.15) is 26.7 Å². The minimum Gasteiger partial charge on any atom is -0.387 e. The van der Waals surface area contributed by atoms with Crippen LogP contribution in [0, 0.1) is 0 Å². The highest BCUT2D eigenvalue weighted by molar-refractivity contribution is 5.81. The summed E-state index contributed by atoms with van der Waals surface area (Å²) in [6.07, 6.45) is 5.33. The second-order valence-electron chi connectivity index (χ2n) is 3.71. The predicted octanol–water partition coefficient (Wildman–Crippen LogP) is 0.705. The molecule has 1 atom stereocenters. The Bertz CT molecular complexity index is 239. The van der Waals surface area contributed by atoms with E-state index >= 15 is 0 Å². The van der Waals surface area contributed by atoms with Crippen LogP contribution < -0.4 is 4.99 Å². The minimum atomic E-state index is -0.449. The summed E-state index contributed by atoms with van der Waals surface area (Å²) < 4.78 is 5.34. The summed E-state index contributed by atoms with van der Waals surface area (Å²) >= 11 is 0. The molecule has 0 spiro atoms.